The molecule has 0 saturated heterocycles. The highest BCUT2D eigenvalue weighted by Crippen LogP contribution is 2.52. The summed E-state index contributed by atoms with van der Waals surface area (Å²) in [6.45, 7) is 2.19. The smallest absolute Gasteiger partial charge is 0.412 e. The Bertz CT molecular complexity index is 1530. The Labute approximate surface area is 220 Å². The van der Waals surface area contributed by atoms with Crippen LogP contribution in [0, 0.1) is 18.8 Å². The minimum absolute atomic E-state index is 0.201. The SMILES string of the molecule is Cc1ccccc1COC(=O)Nc1c(C2CC2)nsc1C#Cc1cc2cc(C3(C(=O)O)CC3)sc2s1. The summed E-state index contributed by atoms with van der Waals surface area (Å²) in [5.41, 5.74) is 2.91. The van der Waals surface area contributed by atoms with Crippen molar-refractivity contribution in [2.24, 2.45) is 0 Å². The first-order chi connectivity index (χ1) is 17.4. The van der Waals surface area contributed by atoms with Gasteiger partial charge in [-0.15, -0.1) is 22.7 Å². The van der Waals surface area contributed by atoms with Crippen LogP contribution >= 0.6 is 34.2 Å². The standard InChI is InChI=1S/C27H22N2O4S3/c1-15-4-2-3-5-17(15)14-33-26(32)28-23-20(36-29-22(23)16-6-7-16)9-8-19-12-18-13-21(35-24(18)34-19)27(10-11-27)25(30)31/h2-5,12-13,16H,6-7,10-11,14H2,1H3,(H,28,32)(H,30,31). The van der Waals surface area contributed by atoms with Crippen LogP contribution in [-0.4, -0.2) is 21.5 Å². The summed E-state index contributed by atoms with van der Waals surface area (Å²) in [7, 11) is 0. The topological polar surface area (TPSA) is 88.5 Å². The molecule has 2 aliphatic rings. The van der Waals surface area contributed by atoms with Crippen molar-refractivity contribution >= 4 is 61.4 Å². The summed E-state index contributed by atoms with van der Waals surface area (Å²) in [6.07, 6.45) is 3.02. The number of aliphatic carboxylic acids is 1. The van der Waals surface area contributed by atoms with E-state index in [0.717, 1.165) is 48.8 Å². The van der Waals surface area contributed by atoms with Crippen LogP contribution in [0.25, 0.3) is 9.40 Å². The Morgan fingerprint density at radius 3 is 2.69 bits per heavy atom. The number of amides is 1. The van der Waals surface area contributed by atoms with Crippen LogP contribution in [0.3, 0.4) is 0 Å². The van der Waals surface area contributed by atoms with Gasteiger partial charge < -0.3 is 9.84 Å². The monoisotopic (exact) mass is 534 g/mol. The molecular formula is C27H22N2O4S3. The number of aryl methyl sites for hydroxylation is 1. The number of hydrogen-bond acceptors (Lipinski definition) is 7. The molecule has 182 valence electrons. The molecule has 9 heteroatoms. The van der Waals surface area contributed by atoms with E-state index < -0.39 is 17.5 Å². The molecule has 2 fully saturated rings. The lowest BCUT2D eigenvalue weighted by molar-refractivity contribution is -0.139. The van der Waals surface area contributed by atoms with Crippen LogP contribution in [0.1, 0.15) is 63.1 Å². The molecule has 2 aliphatic carbocycles. The van der Waals surface area contributed by atoms with Gasteiger partial charge in [-0.05, 0) is 79.2 Å². The lowest BCUT2D eigenvalue weighted by Gasteiger charge is -2.09. The van der Waals surface area contributed by atoms with Crippen LogP contribution in [-0.2, 0) is 21.6 Å². The Hall–Kier alpha value is -3.19. The van der Waals surface area contributed by atoms with E-state index in [1.54, 1.807) is 22.7 Å². The summed E-state index contributed by atoms with van der Waals surface area (Å²) < 4.78 is 11.2. The number of hydrogen-bond donors (Lipinski definition) is 2. The van der Waals surface area contributed by atoms with E-state index in [9.17, 15) is 14.7 Å². The maximum atomic E-state index is 12.6. The van der Waals surface area contributed by atoms with Gasteiger partial charge in [-0.2, -0.15) is 4.37 Å². The molecule has 1 aromatic carbocycles. The first kappa shape index (κ1) is 23.2. The predicted molar refractivity (Wildman–Crippen MR) is 143 cm³/mol. The van der Waals surface area contributed by atoms with Gasteiger partial charge in [0.1, 0.15) is 16.9 Å². The number of thiophene rings is 2. The largest absolute Gasteiger partial charge is 0.481 e. The highest BCUT2D eigenvalue weighted by molar-refractivity contribution is 7.38. The van der Waals surface area contributed by atoms with E-state index in [1.165, 1.54) is 11.5 Å². The average molecular weight is 535 g/mol. The maximum absolute atomic E-state index is 12.6. The van der Waals surface area contributed by atoms with Crippen molar-refractivity contribution in [3.8, 4) is 11.8 Å². The van der Waals surface area contributed by atoms with E-state index in [4.69, 9.17) is 4.74 Å². The van der Waals surface area contributed by atoms with E-state index in [1.807, 2.05) is 43.3 Å². The Balaban J connectivity index is 1.20. The number of carboxylic acids is 1. The number of aromatic nitrogens is 1. The molecule has 0 aliphatic heterocycles. The molecule has 0 radical (unpaired) electrons. The van der Waals surface area contributed by atoms with Crippen LogP contribution in [0.2, 0.25) is 0 Å². The Kier molecular flexibility index (Phi) is 5.83. The first-order valence-corrected chi connectivity index (χ1v) is 14.1. The summed E-state index contributed by atoms with van der Waals surface area (Å²) >= 11 is 4.42. The summed E-state index contributed by atoms with van der Waals surface area (Å²) in [4.78, 5) is 26.8. The number of rotatable bonds is 6. The number of carbonyl (C=O) groups is 2. The van der Waals surface area contributed by atoms with Crippen molar-refractivity contribution in [1.82, 2.24) is 4.37 Å². The van der Waals surface area contributed by atoms with Gasteiger partial charge in [0.15, 0.2) is 0 Å². The van der Waals surface area contributed by atoms with Gasteiger partial charge in [-0.25, -0.2) is 4.79 Å². The van der Waals surface area contributed by atoms with Crippen molar-refractivity contribution < 1.29 is 19.4 Å². The molecule has 2 saturated carbocycles. The van der Waals surface area contributed by atoms with Crippen molar-refractivity contribution in [2.45, 2.75) is 50.5 Å². The van der Waals surface area contributed by atoms with E-state index in [-0.39, 0.29) is 6.61 Å². The second kappa shape index (κ2) is 9.04. The first-order valence-electron chi connectivity index (χ1n) is 11.7. The third kappa shape index (κ3) is 4.41. The van der Waals surface area contributed by atoms with Gasteiger partial charge in [-0.1, -0.05) is 24.3 Å². The van der Waals surface area contributed by atoms with Crippen molar-refractivity contribution in [3.05, 3.63) is 67.9 Å². The molecule has 6 nitrogen and oxygen atoms in total. The molecule has 3 aromatic heterocycles. The van der Waals surface area contributed by atoms with E-state index in [2.05, 4.69) is 21.5 Å². The third-order valence-corrected chi connectivity index (χ3v) is 9.96. The lowest BCUT2D eigenvalue weighted by atomic mass is 10.1. The van der Waals surface area contributed by atoms with Crippen LogP contribution in [0.4, 0.5) is 10.5 Å². The molecule has 0 bridgehead atoms. The zero-order chi connectivity index (χ0) is 24.9. The highest BCUT2D eigenvalue weighted by Gasteiger charge is 2.53. The normalized spacial score (nSPS) is 15.8. The van der Waals surface area contributed by atoms with Gasteiger partial charge >= 0.3 is 12.1 Å². The molecule has 3 heterocycles. The fourth-order valence-corrected chi connectivity index (χ4v) is 7.45. The Morgan fingerprint density at radius 1 is 1.19 bits per heavy atom. The van der Waals surface area contributed by atoms with E-state index in [0.29, 0.717) is 29.3 Å². The second-order valence-corrected chi connectivity index (χ2v) is 12.4. The molecule has 2 N–H and O–H groups in total. The zero-order valence-corrected chi connectivity index (χ0v) is 21.9. The number of nitrogens with one attached hydrogen (secondary N) is 1. The van der Waals surface area contributed by atoms with Crippen LogP contribution in [0.5, 0.6) is 0 Å². The minimum Gasteiger partial charge on any atom is -0.481 e. The summed E-state index contributed by atoms with van der Waals surface area (Å²) in [6, 6.07) is 11.8. The van der Waals surface area contributed by atoms with Crippen molar-refractivity contribution in [2.75, 3.05) is 5.32 Å². The predicted octanol–water partition coefficient (Wildman–Crippen LogP) is 6.87. The highest BCUT2D eigenvalue weighted by atomic mass is 32.2. The fourth-order valence-electron chi connectivity index (χ4n) is 4.14. The molecule has 0 unspecified atom stereocenters. The quantitative estimate of drug-likeness (QED) is 0.264. The zero-order valence-electron chi connectivity index (χ0n) is 19.4. The Morgan fingerprint density at radius 2 is 2.00 bits per heavy atom. The molecule has 4 aromatic rings. The number of carbonyl (C=O) groups excluding carboxylic acids is 1. The van der Waals surface area contributed by atoms with Crippen molar-refractivity contribution in [1.29, 1.82) is 0 Å². The molecule has 6 rings (SSSR count). The average Bonchev–Trinajstić information content (AvgIpc) is 3.75. The van der Waals surface area contributed by atoms with Crippen molar-refractivity contribution in [3.63, 3.8) is 0 Å². The number of benzene rings is 1. The van der Waals surface area contributed by atoms with Crippen LogP contribution in [0.15, 0.2) is 36.4 Å². The van der Waals surface area contributed by atoms with Gasteiger partial charge in [0, 0.05) is 16.2 Å². The fraction of sp³-hybridized carbons (Fsp3) is 0.296. The number of anilines is 1. The number of fused-ring (bicyclic) bond motifs is 1. The summed E-state index contributed by atoms with van der Waals surface area (Å²) in [5, 5.41) is 13.5. The molecule has 36 heavy (non-hydrogen) atoms. The minimum atomic E-state index is -0.731. The lowest BCUT2D eigenvalue weighted by Crippen LogP contribution is -2.17. The molecule has 0 spiro atoms. The molecule has 0 atom stereocenters. The van der Waals surface area contributed by atoms with Crippen LogP contribution < -0.4 is 5.32 Å². The summed E-state index contributed by atoms with van der Waals surface area (Å²) in [5.74, 6) is 6.05. The number of nitrogens with zero attached hydrogens (tertiary/aromatic N) is 1. The van der Waals surface area contributed by atoms with E-state index >= 15 is 0 Å². The van der Waals surface area contributed by atoms with Gasteiger partial charge in [-0.3, -0.25) is 10.1 Å². The second-order valence-electron chi connectivity index (χ2n) is 9.28. The van der Waals surface area contributed by atoms with Gasteiger partial charge in [0.25, 0.3) is 0 Å². The molecule has 1 amide bonds. The number of ether oxygens (including phenoxy) is 1. The van der Waals surface area contributed by atoms with Gasteiger partial charge in [0.2, 0.25) is 0 Å². The number of carboxylic acid groups (broad SMARTS) is 1. The van der Waals surface area contributed by atoms with Gasteiger partial charge in [0.05, 0.1) is 20.3 Å². The molecular weight excluding hydrogens is 513 g/mol. The maximum Gasteiger partial charge on any atom is 0.412 e. The third-order valence-electron chi connectivity index (χ3n) is 6.67.